The summed E-state index contributed by atoms with van der Waals surface area (Å²) in [4.78, 5) is 25.1. The van der Waals surface area contributed by atoms with Gasteiger partial charge in [0.25, 0.3) is 0 Å². The van der Waals surface area contributed by atoms with Crippen molar-refractivity contribution in [2.24, 2.45) is 0 Å². The van der Waals surface area contributed by atoms with Gasteiger partial charge in [-0.3, -0.25) is 20.2 Å². The summed E-state index contributed by atoms with van der Waals surface area (Å²) in [5, 5.41) is 13.1. The highest BCUT2D eigenvalue weighted by molar-refractivity contribution is 6.08. The minimum Gasteiger partial charge on any atom is -0.379 e. The second kappa shape index (κ2) is 11.9. The van der Waals surface area contributed by atoms with Gasteiger partial charge in [0, 0.05) is 54.1 Å². The molecule has 0 unspecified atom stereocenters. The molecule has 9 nitrogen and oxygen atoms in total. The minimum atomic E-state index is -0.366. The van der Waals surface area contributed by atoms with E-state index in [1.165, 1.54) is 0 Å². The molecular weight excluding hydrogens is 538 g/mol. The molecule has 0 spiro atoms. The molecule has 1 aliphatic rings. The number of nitrogens with zero attached hydrogens (tertiary/aromatic N) is 5. The number of pyridine rings is 2. The molecule has 0 aliphatic carbocycles. The zero-order valence-corrected chi connectivity index (χ0v) is 25.1. The van der Waals surface area contributed by atoms with E-state index in [1.54, 1.807) is 10.9 Å². The summed E-state index contributed by atoms with van der Waals surface area (Å²) in [5.74, 6) is 0.560. The number of urea groups is 1. The monoisotopic (exact) mass is 575 g/mol. The lowest BCUT2D eigenvalue weighted by Crippen LogP contribution is -2.35. The van der Waals surface area contributed by atoms with Crippen molar-refractivity contribution in [3.8, 4) is 16.8 Å². The van der Waals surface area contributed by atoms with E-state index in [0.29, 0.717) is 11.5 Å². The quantitative estimate of drug-likeness (QED) is 0.238. The van der Waals surface area contributed by atoms with Gasteiger partial charge in [-0.2, -0.15) is 5.10 Å². The molecule has 9 heteroatoms. The molecule has 3 aromatic heterocycles. The van der Waals surface area contributed by atoms with E-state index in [0.717, 1.165) is 77.5 Å². The van der Waals surface area contributed by atoms with Crippen LogP contribution in [0.1, 0.15) is 37.9 Å². The summed E-state index contributed by atoms with van der Waals surface area (Å²) < 4.78 is 7.20. The van der Waals surface area contributed by atoms with E-state index < -0.39 is 0 Å². The Bertz CT molecular complexity index is 1730. The summed E-state index contributed by atoms with van der Waals surface area (Å²) in [5.41, 5.74) is 5.89. The number of fused-ring (bicyclic) bond motifs is 1. The van der Waals surface area contributed by atoms with Crippen LogP contribution in [0, 0.1) is 6.92 Å². The molecule has 220 valence electrons. The predicted molar refractivity (Wildman–Crippen MR) is 171 cm³/mol. The van der Waals surface area contributed by atoms with E-state index in [1.807, 2.05) is 55.6 Å². The molecule has 6 rings (SSSR count). The average Bonchev–Trinajstić information content (AvgIpc) is 3.43. The number of anilines is 2. The number of hydrogen-bond donors (Lipinski definition) is 2. The molecule has 4 heterocycles. The van der Waals surface area contributed by atoms with Crippen LogP contribution in [-0.4, -0.2) is 57.0 Å². The van der Waals surface area contributed by atoms with Gasteiger partial charge in [0.2, 0.25) is 0 Å². The Labute approximate surface area is 251 Å². The van der Waals surface area contributed by atoms with E-state index in [-0.39, 0.29) is 11.4 Å². The van der Waals surface area contributed by atoms with Gasteiger partial charge in [-0.05, 0) is 42.0 Å². The Morgan fingerprint density at radius 2 is 1.74 bits per heavy atom. The summed E-state index contributed by atoms with van der Waals surface area (Å²) in [6, 6.07) is 21.7. The topological polar surface area (TPSA) is 97.2 Å². The Hall–Kier alpha value is -4.60. The first-order valence-electron chi connectivity index (χ1n) is 14.6. The van der Waals surface area contributed by atoms with Crippen LogP contribution >= 0.6 is 0 Å². The van der Waals surface area contributed by atoms with Crippen LogP contribution in [0.15, 0.2) is 79.1 Å². The number of ether oxygens (including phenoxy) is 1. The van der Waals surface area contributed by atoms with Crippen LogP contribution in [0.4, 0.5) is 16.3 Å². The first kappa shape index (κ1) is 28.5. The zero-order chi connectivity index (χ0) is 30.0. The Morgan fingerprint density at radius 3 is 2.47 bits per heavy atom. The van der Waals surface area contributed by atoms with Crippen molar-refractivity contribution in [1.82, 2.24) is 24.6 Å². The minimum absolute atomic E-state index is 0.206. The van der Waals surface area contributed by atoms with Crippen LogP contribution in [0.3, 0.4) is 0 Å². The van der Waals surface area contributed by atoms with Crippen LogP contribution in [0.2, 0.25) is 0 Å². The van der Waals surface area contributed by atoms with E-state index in [2.05, 4.69) is 65.6 Å². The zero-order valence-electron chi connectivity index (χ0n) is 25.1. The fraction of sp³-hybridized carbons (Fsp3) is 0.294. The van der Waals surface area contributed by atoms with Gasteiger partial charge in [-0.25, -0.2) is 9.48 Å². The average molecular weight is 576 g/mol. The number of aryl methyl sites for hydroxylation is 1. The van der Waals surface area contributed by atoms with Crippen LogP contribution in [-0.2, 0) is 16.7 Å². The van der Waals surface area contributed by atoms with Crippen molar-refractivity contribution in [2.45, 2.75) is 39.7 Å². The predicted octanol–water partition coefficient (Wildman–Crippen LogP) is 6.56. The molecule has 2 N–H and O–H groups in total. The molecule has 1 aliphatic heterocycles. The number of morpholine rings is 1. The molecule has 0 saturated carbocycles. The molecular formula is C34H37N7O2. The normalized spacial score (nSPS) is 14.1. The number of hydrogen-bond acceptors (Lipinski definition) is 6. The largest absolute Gasteiger partial charge is 0.379 e. The third-order valence-electron chi connectivity index (χ3n) is 7.64. The first-order chi connectivity index (χ1) is 20.7. The molecule has 5 aromatic rings. The van der Waals surface area contributed by atoms with Crippen molar-refractivity contribution in [3.63, 3.8) is 0 Å². The maximum Gasteiger partial charge on any atom is 0.324 e. The van der Waals surface area contributed by atoms with Crippen LogP contribution < -0.4 is 10.6 Å². The second-order valence-corrected chi connectivity index (χ2v) is 11.9. The Kier molecular flexibility index (Phi) is 7.92. The van der Waals surface area contributed by atoms with Crippen molar-refractivity contribution in [3.05, 3.63) is 96.2 Å². The van der Waals surface area contributed by atoms with Gasteiger partial charge in [-0.15, -0.1) is 0 Å². The molecule has 2 amide bonds. The summed E-state index contributed by atoms with van der Waals surface area (Å²) >= 11 is 0. The standard InChI is InChI=1S/C34H37N7O2/c1-23-9-13-27(21-35-23)41-31(19-30(39-41)34(2,3)4)38-33(42)37-29-14-11-24-7-5-6-8-28(24)32(29)25-10-12-26(36-20-25)22-40-15-17-43-18-16-40/h5-14,19-21H,15-18,22H2,1-4H3,(H2,37,38,42). The second-order valence-electron chi connectivity index (χ2n) is 11.9. The fourth-order valence-electron chi connectivity index (χ4n) is 5.23. The van der Waals surface area contributed by atoms with Gasteiger partial charge in [0.15, 0.2) is 0 Å². The van der Waals surface area contributed by atoms with Gasteiger partial charge < -0.3 is 10.1 Å². The van der Waals surface area contributed by atoms with E-state index in [4.69, 9.17) is 14.8 Å². The third-order valence-corrected chi connectivity index (χ3v) is 7.64. The van der Waals surface area contributed by atoms with E-state index >= 15 is 0 Å². The lowest BCUT2D eigenvalue weighted by molar-refractivity contribution is 0.0336. The molecule has 1 saturated heterocycles. The van der Waals surface area contributed by atoms with Crippen molar-refractivity contribution < 1.29 is 9.53 Å². The van der Waals surface area contributed by atoms with Crippen LogP contribution in [0.25, 0.3) is 27.6 Å². The maximum atomic E-state index is 13.6. The number of carbonyl (C=O) groups is 1. The molecule has 0 radical (unpaired) electrons. The van der Waals surface area contributed by atoms with Crippen molar-refractivity contribution in [2.75, 3.05) is 36.9 Å². The highest BCUT2D eigenvalue weighted by atomic mass is 16.5. The summed E-state index contributed by atoms with van der Waals surface area (Å²) in [7, 11) is 0. The molecule has 0 atom stereocenters. The lowest BCUT2D eigenvalue weighted by Gasteiger charge is -2.26. The van der Waals surface area contributed by atoms with Gasteiger partial charge >= 0.3 is 6.03 Å². The molecule has 0 bridgehead atoms. The van der Waals surface area contributed by atoms with Gasteiger partial charge in [0.1, 0.15) is 5.82 Å². The third kappa shape index (κ3) is 6.43. The highest BCUT2D eigenvalue weighted by Gasteiger charge is 2.22. The number of rotatable bonds is 6. The smallest absolute Gasteiger partial charge is 0.324 e. The molecule has 43 heavy (non-hydrogen) atoms. The number of amides is 2. The number of nitrogens with one attached hydrogen (secondary N) is 2. The maximum absolute atomic E-state index is 13.6. The molecule has 2 aromatic carbocycles. The molecule has 1 fully saturated rings. The summed E-state index contributed by atoms with van der Waals surface area (Å²) in [6.07, 6.45) is 3.66. The SMILES string of the molecule is Cc1ccc(-n2nc(C(C)(C)C)cc2NC(=O)Nc2ccc3ccccc3c2-c2ccc(CN3CCOCC3)nc2)cn1. The lowest BCUT2D eigenvalue weighted by atomic mass is 9.92. The number of carbonyl (C=O) groups excluding carboxylic acids is 1. The number of benzene rings is 2. The first-order valence-corrected chi connectivity index (χ1v) is 14.6. The van der Waals surface area contributed by atoms with Gasteiger partial charge in [0.05, 0.1) is 42.2 Å². The van der Waals surface area contributed by atoms with Crippen molar-refractivity contribution in [1.29, 1.82) is 0 Å². The summed E-state index contributed by atoms with van der Waals surface area (Å²) in [6.45, 7) is 12.3. The Morgan fingerprint density at radius 1 is 0.930 bits per heavy atom. The van der Waals surface area contributed by atoms with Crippen LogP contribution in [0.5, 0.6) is 0 Å². The van der Waals surface area contributed by atoms with E-state index in [9.17, 15) is 4.79 Å². The fourth-order valence-corrected chi connectivity index (χ4v) is 5.23. The highest BCUT2D eigenvalue weighted by Crippen LogP contribution is 2.36. The Balaban J connectivity index is 1.30. The van der Waals surface area contributed by atoms with Gasteiger partial charge in [-0.1, -0.05) is 57.2 Å². The number of aromatic nitrogens is 4. The van der Waals surface area contributed by atoms with Crippen molar-refractivity contribution >= 4 is 28.3 Å².